The molecule has 11 aromatic carbocycles. The number of aryl methyl sites for hydroxylation is 4. The highest BCUT2D eigenvalue weighted by molar-refractivity contribution is 7.86. The van der Waals surface area contributed by atoms with Crippen LogP contribution in [-0.2, 0) is 40.5 Å². The second kappa shape index (κ2) is 24.8. The summed E-state index contributed by atoms with van der Waals surface area (Å²) in [5.41, 5.74) is 2.80. The Bertz CT molecular complexity index is 5350. The van der Waals surface area contributed by atoms with Crippen molar-refractivity contribution in [3.05, 3.63) is 200 Å². The number of carbonyl (C=O) groups excluding carboxylic acids is 4. The number of carbonyl (C=O) groups is 4. The van der Waals surface area contributed by atoms with Gasteiger partial charge in [0, 0.05) is 43.1 Å². The van der Waals surface area contributed by atoms with Crippen LogP contribution in [-0.4, -0.2) is 75.5 Å². The van der Waals surface area contributed by atoms with Gasteiger partial charge in [-0.15, -0.1) is 0 Å². The first-order chi connectivity index (χ1) is 47.8. The first-order valence-corrected chi connectivity index (χ1v) is 38.0. The van der Waals surface area contributed by atoms with E-state index in [1.54, 1.807) is 24.3 Å². The van der Waals surface area contributed by atoms with E-state index in [1.165, 1.54) is 76.2 Å². The number of para-hydroxylation sites is 2. The van der Waals surface area contributed by atoms with E-state index < -0.39 is 83.7 Å². The van der Waals surface area contributed by atoms with Crippen molar-refractivity contribution in [2.75, 3.05) is 9.80 Å². The molecule has 2 heterocycles. The van der Waals surface area contributed by atoms with Crippen LogP contribution in [0.5, 0.6) is 46.0 Å². The van der Waals surface area contributed by atoms with Gasteiger partial charge in [0.25, 0.3) is 64.1 Å². The fraction of sp³-hybridized carbons (Fsp3) is 0.211. The van der Waals surface area contributed by atoms with Crippen LogP contribution >= 0.6 is 0 Å². The number of imide groups is 2. The van der Waals surface area contributed by atoms with Gasteiger partial charge in [-0.2, -0.15) is 33.7 Å². The number of rotatable bonds is 18. The van der Waals surface area contributed by atoms with Crippen LogP contribution in [0.25, 0.3) is 43.1 Å². The number of hydrogen-bond acceptors (Lipinski definition) is 16. The number of amides is 4. The molecule has 524 valence electrons. The van der Waals surface area contributed by atoms with Gasteiger partial charge in [-0.3, -0.25) is 37.4 Å². The normalized spacial score (nSPS) is 13.8. The number of hydrogen-bond donors (Lipinski definition) is 4. The summed E-state index contributed by atoms with van der Waals surface area (Å²) in [5, 5.41) is -0.390. The summed E-state index contributed by atoms with van der Waals surface area (Å²) >= 11 is 0. The first-order valence-electron chi connectivity index (χ1n) is 32.2. The zero-order valence-electron chi connectivity index (χ0n) is 56.9. The van der Waals surface area contributed by atoms with Crippen LogP contribution < -0.4 is 28.7 Å². The monoisotopic (exact) mass is 1450 g/mol. The number of ether oxygens (including phenoxy) is 4. The zero-order valence-corrected chi connectivity index (χ0v) is 60.1. The SMILES string of the molecule is Cc1cc(S(=O)(=O)O)ccc1Oc1cc2c3c(cc(Oc4ccc(S(=O)(=O)O)cc4C)c4c5c(Oc6ccc(S(=O)(=O)O)cc6C)cc6c7c(cc(Oc8ccc(S(=O)(=O)O)cc8C)c(c1c34)c75)C(=O)N(c1c(C(C)C)cccc1C(C)C)C6=O)C(=O)N(c1c(C(C)C)cccc1C(C)C)C2=O. The standard InChI is InChI=1S/C76H66N2O20S4/c1-35(2)47-15-13-16-48(36(3)4)71(47)77-73(79)51-31-59(95-55-23-19-43(27-39(55)9)99(83,84)85)65-67-61(97-57-25-21-45(29-41(57)11)101(89,90)91)33-53-64-54(76(82)78(75(53)81)72-49(37(5)6)17-14-18-50(72)38(7)8)34-62(98-58-26-22-46(30-42(58)12)102(92,93)94)68(70(64)67)66-60(32-52(74(77)80)63(51)69(65)66)96-56-24-20-44(28-40(56)10)100(86,87)88/h13-38H,1-12H3,(H,83,84,85)(H,86,87,88)(H,89,90,91)(H,92,93,94). The van der Waals surface area contributed by atoms with Gasteiger partial charge >= 0.3 is 0 Å². The number of benzene rings is 11. The van der Waals surface area contributed by atoms with Gasteiger partial charge < -0.3 is 18.9 Å². The van der Waals surface area contributed by atoms with E-state index in [4.69, 9.17) is 18.9 Å². The Morgan fingerprint density at radius 3 is 0.667 bits per heavy atom. The van der Waals surface area contributed by atoms with E-state index >= 15 is 19.2 Å². The van der Waals surface area contributed by atoms with Crippen LogP contribution in [0.15, 0.2) is 153 Å². The van der Waals surface area contributed by atoms with Gasteiger partial charge in [-0.1, -0.05) is 91.8 Å². The van der Waals surface area contributed by atoms with Crippen molar-refractivity contribution in [3.63, 3.8) is 0 Å². The van der Waals surface area contributed by atoms with E-state index in [-0.39, 0.29) is 169 Å². The molecular weight excluding hydrogens is 1390 g/mol. The Hall–Kier alpha value is -10.2. The molecule has 0 unspecified atom stereocenters. The maximum Gasteiger partial charge on any atom is 0.294 e. The molecule has 0 aromatic heterocycles. The summed E-state index contributed by atoms with van der Waals surface area (Å²) in [6.45, 7) is 21.2. The van der Waals surface area contributed by atoms with E-state index in [2.05, 4.69) is 0 Å². The lowest BCUT2D eigenvalue weighted by Gasteiger charge is -2.35. The molecule has 0 aliphatic carbocycles. The van der Waals surface area contributed by atoms with Crippen molar-refractivity contribution in [1.29, 1.82) is 0 Å². The van der Waals surface area contributed by atoms with Gasteiger partial charge in [-0.25, -0.2) is 9.80 Å². The van der Waals surface area contributed by atoms with Crippen LogP contribution in [0, 0.1) is 27.7 Å². The minimum absolute atomic E-state index is 0.0401. The maximum atomic E-state index is 16.5. The fourth-order valence-electron chi connectivity index (χ4n) is 13.8. The molecule has 2 aliphatic rings. The highest BCUT2D eigenvalue weighted by Crippen LogP contribution is 2.59. The lowest BCUT2D eigenvalue weighted by atomic mass is 9.80. The number of fused-ring (bicyclic) bond motifs is 2. The lowest BCUT2D eigenvalue weighted by Crippen LogP contribution is -2.42. The van der Waals surface area contributed by atoms with Crippen LogP contribution in [0.3, 0.4) is 0 Å². The highest BCUT2D eigenvalue weighted by Gasteiger charge is 2.45. The molecule has 26 heteroatoms. The van der Waals surface area contributed by atoms with Crippen molar-refractivity contribution < 1.29 is 90.0 Å². The van der Waals surface area contributed by atoms with E-state index in [0.717, 1.165) is 58.3 Å². The Morgan fingerprint density at radius 1 is 0.284 bits per heavy atom. The number of anilines is 2. The van der Waals surface area contributed by atoms with Gasteiger partial charge in [0.1, 0.15) is 46.0 Å². The molecule has 0 bridgehead atoms. The molecule has 11 aromatic rings. The topological polar surface area (TPSA) is 329 Å². The minimum atomic E-state index is -4.83. The summed E-state index contributed by atoms with van der Waals surface area (Å²) in [6, 6.07) is 30.3. The predicted octanol–water partition coefficient (Wildman–Crippen LogP) is 17.2. The van der Waals surface area contributed by atoms with Crippen LogP contribution in [0.1, 0.15) is 165 Å². The Labute approximate surface area is 587 Å². The summed E-state index contributed by atoms with van der Waals surface area (Å²) in [6.07, 6.45) is 0. The predicted molar refractivity (Wildman–Crippen MR) is 383 cm³/mol. The fourth-order valence-corrected chi connectivity index (χ4v) is 16.1. The summed E-state index contributed by atoms with van der Waals surface area (Å²) < 4.78 is 172. The van der Waals surface area contributed by atoms with Crippen LogP contribution in [0.2, 0.25) is 0 Å². The third kappa shape index (κ3) is 11.7. The summed E-state index contributed by atoms with van der Waals surface area (Å²) in [4.78, 5) is 66.0. The average molecular weight is 1460 g/mol. The van der Waals surface area contributed by atoms with E-state index in [9.17, 15) is 51.9 Å². The van der Waals surface area contributed by atoms with Crippen molar-refractivity contribution in [2.45, 2.75) is 126 Å². The van der Waals surface area contributed by atoms with Crippen molar-refractivity contribution in [1.82, 2.24) is 0 Å². The van der Waals surface area contributed by atoms with E-state index in [1.807, 2.05) is 67.5 Å². The Morgan fingerprint density at radius 2 is 0.490 bits per heavy atom. The zero-order chi connectivity index (χ0) is 73.8. The molecule has 0 saturated heterocycles. The van der Waals surface area contributed by atoms with Gasteiger partial charge in [0.15, 0.2) is 0 Å². The smallest absolute Gasteiger partial charge is 0.294 e. The van der Waals surface area contributed by atoms with Crippen molar-refractivity contribution in [2.24, 2.45) is 0 Å². The maximum absolute atomic E-state index is 16.5. The van der Waals surface area contributed by atoms with Crippen molar-refractivity contribution >= 4 is 119 Å². The summed E-state index contributed by atoms with van der Waals surface area (Å²) in [5.74, 6) is -5.82. The number of nitrogens with zero attached hydrogens (tertiary/aromatic N) is 2. The third-order valence-corrected chi connectivity index (χ3v) is 22.1. The third-order valence-electron chi connectivity index (χ3n) is 18.7. The molecule has 102 heavy (non-hydrogen) atoms. The second-order valence-corrected chi connectivity index (χ2v) is 32.5. The van der Waals surface area contributed by atoms with Crippen LogP contribution in [0.4, 0.5) is 11.4 Å². The molecule has 13 rings (SSSR count). The van der Waals surface area contributed by atoms with Gasteiger partial charge in [-0.05, 0) is 193 Å². The Balaban J connectivity index is 1.30. The van der Waals surface area contributed by atoms with Crippen molar-refractivity contribution in [3.8, 4) is 46.0 Å². The quantitative estimate of drug-likeness (QED) is 0.0268. The molecule has 2 aliphatic heterocycles. The molecule has 0 radical (unpaired) electrons. The lowest BCUT2D eigenvalue weighted by molar-refractivity contribution is 0.0877. The second-order valence-electron chi connectivity index (χ2n) is 26.8. The molecule has 0 fully saturated rings. The molecule has 0 saturated carbocycles. The molecule has 4 N–H and O–H groups in total. The summed E-state index contributed by atoms with van der Waals surface area (Å²) in [7, 11) is -19.3. The molecule has 22 nitrogen and oxygen atoms in total. The molecule has 4 amide bonds. The van der Waals surface area contributed by atoms with Gasteiger partial charge in [0.05, 0.1) is 53.2 Å². The van der Waals surface area contributed by atoms with E-state index in [0.29, 0.717) is 22.3 Å². The minimum Gasteiger partial charge on any atom is -0.456 e. The largest absolute Gasteiger partial charge is 0.456 e. The highest BCUT2D eigenvalue weighted by atomic mass is 32.2. The Kier molecular flexibility index (Phi) is 17.1. The average Bonchev–Trinajstić information content (AvgIpc) is 0.670. The molecular formula is C76H66N2O20S4. The first kappa shape index (κ1) is 70.3. The van der Waals surface area contributed by atoms with Gasteiger partial charge in [0.2, 0.25) is 0 Å². The molecule has 0 atom stereocenters. The molecule has 0 spiro atoms.